The average Bonchev–Trinajstić information content (AvgIpc) is 3.27. The van der Waals surface area contributed by atoms with Crippen LogP contribution in [0.25, 0.3) is 5.69 Å². The van der Waals surface area contributed by atoms with Crippen LogP contribution in [0, 0.1) is 0 Å². The van der Waals surface area contributed by atoms with Gasteiger partial charge >= 0.3 is 0 Å². The number of nitrogens with zero attached hydrogens (tertiary/aromatic N) is 3. The molecule has 26 heavy (non-hydrogen) atoms. The number of rotatable bonds is 4. The number of aromatic nitrogens is 2. The summed E-state index contributed by atoms with van der Waals surface area (Å²) in [5.74, 6) is 0.842. The smallest absolute Gasteiger partial charge is 0.169 e. The molecule has 0 amide bonds. The molecule has 2 atom stereocenters. The molecule has 3 aromatic rings. The van der Waals surface area contributed by atoms with Gasteiger partial charge in [0.1, 0.15) is 5.75 Å². The lowest BCUT2D eigenvalue weighted by molar-refractivity contribution is 0.357. The maximum atomic E-state index is 5.52. The van der Waals surface area contributed by atoms with Crippen LogP contribution in [0.15, 0.2) is 67.0 Å². The Labute approximate surface area is 158 Å². The van der Waals surface area contributed by atoms with E-state index < -0.39 is 0 Å². The number of likely N-dealkylation sites (N-methyl/N-ethyl adjacent to an activating group) is 1. The van der Waals surface area contributed by atoms with E-state index in [1.807, 2.05) is 43.6 Å². The molecule has 1 saturated heterocycles. The highest BCUT2D eigenvalue weighted by atomic mass is 32.1. The first-order valence-corrected chi connectivity index (χ1v) is 8.86. The number of hydrogen-bond donors (Lipinski definition) is 1. The molecule has 1 fully saturated rings. The van der Waals surface area contributed by atoms with E-state index in [-0.39, 0.29) is 12.1 Å². The highest BCUT2D eigenvalue weighted by molar-refractivity contribution is 7.80. The number of thiocarbonyl (C=S) groups is 1. The van der Waals surface area contributed by atoms with Gasteiger partial charge in [-0.25, -0.2) is 0 Å². The molecular formula is C20H20N4OS. The van der Waals surface area contributed by atoms with Crippen LogP contribution in [-0.2, 0) is 0 Å². The molecule has 1 aliphatic heterocycles. The third-order valence-electron chi connectivity index (χ3n) is 4.77. The van der Waals surface area contributed by atoms with E-state index in [0.29, 0.717) is 0 Å². The Morgan fingerprint density at radius 3 is 2.58 bits per heavy atom. The van der Waals surface area contributed by atoms with E-state index in [2.05, 4.69) is 50.2 Å². The molecule has 0 unspecified atom stereocenters. The van der Waals surface area contributed by atoms with Gasteiger partial charge in [-0.3, -0.25) is 4.98 Å². The molecule has 1 N–H and O–H groups in total. The Bertz CT molecular complexity index is 907. The minimum Gasteiger partial charge on any atom is -0.497 e. The quantitative estimate of drug-likeness (QED) is 0.718. The predicted molar refractivity (Wildman–Crippen MR) is 106 cm³/mol. The predicted octanol–water partition coefficient (Wildman–Crippen LogP) is 3.48. The van der Waals surface area contributed by atoms with Crippen LogP contribution in [0.4, 0.5) is 0 Å². The number of hydrogen-bond acceptors (Lipinski definition) is 3. The van der Waals surface area contributed by atoms with E-state index in [9.17, 15) is 0 Å². The third-order valence-corrected chi connectivity index (χ3v) is 5.18. The topological polar surface area (TPSA) is 42.3 Å². The SMILES string of the molecule is COc1ccc(-n2cccc2[C@H]2[C@@H](c3ccccn3)NC(=S)N2C)cc1. The van der Waals surface area contributed by atoms with Crippen LogP contribution in [0.2, 0.25) is 0 Å². The van der Waals surface area contributed by atoms with Gasteiger partial charge in [0.15, 0.2) is 5.11 Å². The fraction of sp³-hybridized carbons (Fsp3) is 0.200. The van der Waals surface area contributed by atoms with Crippen molar-refractivity contribution in [2.75, 3.05) is 14.2 Å². The van der Waals surface area contributed by atoms with Crippen molar-refractivity contribution >= 4 is 17.3 Å². The van der Waals surface area contributed by atoms with Crippen LogP contribution < -0.4 is 10.1 Å². The lowest BCUT2D eigenvalue weighted by atomic mass is 10.0. The Balaban J connectivity index is 1.76. The zero-order chi connectivity index (χ0) is 18.1. The van der Waals surface area contributed by atoms with Crippen molar-refractivity contribution < 1.29 is 4.74 Å². The molecular weight excluding hydrogens is 344 g/mol. The third kappa shape index (κ3) is 2.82. The molecule has 0 saturated carbocycles. The van der Waals surface area contributed by atoms with Gasteiger partial charge in [0.25, 0.3) is 0 Å². The fourth-order valence-electron chi connectivity index (χ4n) is 3.44. The van der Waals surface area contributed by atoms with Crippen molar-refractivity contribution in [3.05, 3.63) is 78.4 Å². The molecule has 0 aliphatic carbocycles. The molecule has 1 aliphatic rings. The van der Waals surface area contributed by atoms with E-state index in [1.165, 1.54) is 0 Å². The molecule has 2 aromatic heterocycles. The molecule has 3 heterocycles. The standard InChI is InChI=1S/C20H20N4OS/c1-23-19(18(22-20(23)26)16-6-3-4-12-21-16)17-7-5-13-24(17)14-8-10-15(25-2)11-9-14/h3-13,18-19H,1-2H3,(H,22,26)/t18-,19+/m1/s1. The normalized spacial score (nSPS) is 19.5. The summed E-state index contributed by atoms with van der Waals surface area (Å²) in [6, 6.07) is 18.3. The largest absolute Gasteiger partial charge is 0.497 e. The number of pyridine rings is 1. The zero-order valence-corrected chi connectivity index (χ0v) is 15.5. The van der Waals surface area contributed by atoms with E-state index in [1.54, 1.807) is 7.11 Å². The molecule has 132 valence electrons. The van der Waals surface area contributed by atoms with Gasteiger partial charge in [-0.15, -0.1) is 0 Å². The summed E-state index contributed by atoms with van der Waals surface area (Å²) in [7, 11) is 3.70. The number of nitrogens with one attached hydrogen (secondary N) is 1. The van der Waals surface area contributed by atoms with Crippen molar-refractivity contribution in [2.24, 2.45) is 0 Å². The molecule has 0 radical (unpaired) electrons. The highest BCUT2D eigenvalue weighted by Crippen LogP contribution is 2.38. The first-order valence-electron chi connectivity index (χ1n) is 8.45. The highest BCUT2D eigenvalue weighted by Gasteiger charge is 2.39. The first-order chi connectivity index (χ1) is 12.7. The zero-order valence-electron chi connectivity index (χ0n) is 14.7. The molecule has 0 bridgehead atoms. The minimum absolute atomic E-state index is 0.000554. The Morgan fingerprint density at radius 2 is 1.88 bits per heavy atom. The van der Waals surface area contributed by atoms with Gasteiger partial charge in [-0.1, -0.05) is 6.07 Å². The van der Waals surface area contributed by atoms with Crippen molar-refractivity contribution in [2.45, 2.75) is 12.1 Å². The van der Waals surface area contributed by atoms with Crippen LogP contribution in [0.3, 0.4) is 0 Å². The second-order valence-corrected chi connectivity index (χ2v) is 6.63. The summed E-state index contributed by atoms with van der Waals surface area (Å²) in [4.78, 5) is 6.64. The van der Waals surface area contributed by atoms with E-state index in [4.69, 9.17) is 17.0 Å². The van der Waals surface area contributed by atoms with Crippen molar-refractivity contribution in [1.82, 2.24) is 19.8 Å². The molecule has 0 spiro atoms. The van der Waals surface area contributed by atoms with Crippen LogP contribution in [-0.4, -0.2) is 33.7 Å². The number of methoxy groups -OCH3 is 1. The molecule has 4 rings (SSSR count). The summed E-state index contributed by atoms with van der Waals surface area (Å²) in [6.07, 6.45) is 3.89. The monoisotopic (exact) mass is 364 g/mol. The van der Waals surface area contributed by atoms with E-state index in [0.717, 1.165) is 27.9 Å². The molecule has 5 nitrogen and oxygen atoms in total. The number of benzene rings is 1. The van der Waals surface area contributed by atoms with Gasteiger partial charge in [0, 0.05) is 30.8 Å². The van der Waals surface area contributed by atoms with Crippen molar-refractivity contribution in [3.8, 4) is 11.4 Å². The van der Waals surface area contributed by atoms with Gasteiger partial charge in [0.05, 0.1) is 24.9 Å². The minimum atomic E-state index is 0.000554. The molecule has 1 aromatic carbocycles. The lowest BCUT2D eigenvalue weighted by Gasteiger charge is -2.25. The first kappa shape index (κ1) is 16.6. The Hall–Kier alpha value is -2.86. The fourth-order valence-corrected chi connectivity index (χ4v) is 3.68. The second-order valence-electron chi connectivity index (χ2n) is 6.24. The summed E-state index contributed by atoms with van der Waals surface area (Å²) in [6.45, 7) is 0. The average molecular weight is 364 g/mol. The lowest BCUT2D eigenvalue weighted by Crippen LogP contribution is -2.25. The Morgan fingerprint density at radius 1 is 1.08 bits per heavy atom. The summed E-state index contributed by atoms with van der Waals surface area (Å²) in [5, 5.41) is 4.15. The van der Waals surface area contributed by atoms with Gasteiger partial charge < -0.3 is 19.5 Å². The maximum Gasteiger partial charge on any atom is 0.169 e. The summed E-state index contributed by atoms with van der Waals surface area (Å²) in [5.41, 5.74) is 3.21. The molecule has 6 heteroatoms. The van der Waals surface area contributed by atoms with Crippen molar-refractivity contribution in [1.29, 1.82) is 0 Å². The van der Waals surface area contributed by atoms with Crippen molar-refractivity contribution in [3.63, 3.8) is 0 Å². The summed E-state index contributed by atoms with van der Waals surface area (Å²) < 4.78 is 7.46. The summed E-state index contributed by atoms with van der Waals surface area (Å²) >= 11 is 5.52. The van der Waals surface area contributed by atoms with Crippen LogP contribution in [0.1, 0.15) is 23.5 Å². The number of ether oxygens (including phenoxy) is 1. The van der Waals surface area contributed by atoms with E-state index >= 15 is 0 Å². The van der Waals surface area contributed by atoms with Gasteiger partial charge in [-0.2, -0.15) is 0 Å². The van der Waals surface area contributed by atoms with Gasteiger partial charge in [0.2, 0.25) is 0 Å². The maximum absolute atomic E-state index is 5.52. The second kappa shape index (κ2) is 6.80. The van der Waals surface area contributed by atoms with Crippen LogP contribution >= 0.6 is 12.2 Å². The Kier molecular flexibility index (Phi) is 4.34. The van der Waals surface area contributed by atoms with Crippen LogP contribution in [0.5, 0.6) is 5.75 Å². The van der Waals surface area contributed by atoms with Gasteiger partial charge in [-0.05, 0) is 60.7 Å².